The summed E-state index contributed by atoms with van der Waals surface area (Å²) in [5.74, 6) is -0.310. The van der Waals surface area contributed by atoms with Gasteiger partial charge < -0.3 is 4.90 Å². The predicted octanol–water partition coefficient (Wildman–Crippen LogP) is 3.43. The number of benzene rings is 3. The van der Waals surface area contributed by atoms with Gasteiger partial charge in [-0.15, -0.1) is 0 Å². The third kappa shape index (κ3) is 2.67. The molecule has 0 aliphatic carbocycles. The molecule has 0 saturated heterocycles. The van der Waals surface area contributed by atoms with Crippen molar-refractivity contribution in [3.63, 3.8) is 0 Å². The van der Waals surface area contributed by atoms with Crippen LogP contribution in [0, 0.1) is 0 Å². The third-order valence-corrected chi connectivity index (χ3v) is 6.13. The van der Waals surface area contributed by atoms with E-state index in [9.17, 15) is 18.0 Å². The molecule has 0 aromatic heterocycles. The second kappa shape index (κ2) is 5.92. The van der Waals surface area contributed by atoms with E-state index < -0.39 is 10.0 Å². The highest BCUT2D eigenvalue weighted by atomic mass is 32.2. The number of amides is 1. The van der Waals surface area contributed by atoms with Gasteiger partial charge in [-0.05, 0) is 37.3 Å². The van der Waals surface area contributed by atoms with Crippen molar-refractivity contribution >= 4 is 43.9 Å². The highest BCUT2D eigenvalue weighted by molar-refractivity contribution is 7.93. The number of Topliss-reactive ketones (excluding diaryl/α,β-unsaturated/α-hetero) is 1. The fraction of sp³-hybridized carbons (Fsp3) is 0.100. The first-order valence-corrected chi connectivity index (χ1v) is 9.75. The van der Waals surface area contributed by atoms with Gasteiger partial charge in [0.05, 0.1) is 10.6 Å². The first kappa shape index (κ1) is 17.2. The first-order valence-electron chi connectivity index (χ1n) is 8.27. The summed E-state index contributed by atoms with van der Waals surface area (Å²) < 4.78 is 28.5. The van der Waals surface area contributed by atoms with Crippen LogP contribution in [-0.2, 0) is 10.0 Å². The van der Waals surface area contributed by atoms with E-state index in [1.807, 2.05) is 0 Å². The Morgan fingerprint density at radius 3 is 2.52 bits per heavy atom. The number of carbonyl (C=O) groups is 2. The fourth-order valence-corrected chi connectivity index (χ4v) is 4.61. The molecule has 1 N–H and O–H groups in total. The van der Waals surface area contributed by atoms with Crippen molar-refractivity contribution in [2.45, 2.75) is 11.8 Å². The van der Waals surface area contributed by atoms with Gasteiger partial charge in [0.25, 0.3) is 15.9 Å². The van der Waals surface area contributed by atoms with E-state index in [1.54, 1.807) is 49.5 Å². The maximum absolute atomic E-state index is 13.0. The van der Waals surface area contributed by atoms with Crippen molar-refractivity contribution in [2.75, 3.05) is 16.7 Å². The fourth-order valence-electron chi connectivity index (χ4n) is 3.36. The summed E-state index contributed by atoms with van der Waals surface area (Å²) in [4.78, 5) is 25.5. The highest BCUT2D eigenvalue weighted by Crippen LogP contribution is 2.39. The molecule has 1 heterocycles. The number of nitrogens with one attached hydrogen (secondary N) is 1. The number of sulfonamides is 1. The molecule has 4 rings (SSSR count). The normalized spacial score (nSPS) is 13.3. The lowest BCUT2D eigenvalue weighted by Gasteiger charge is -2.13. The SMILES string of the molecule is CC(=O)c1cccc(NS(=O)(=O)c2ccc3c4c(cccc24)C(=O)N3C)c1. The van der Waals surface area contributed by atoms with Crippen LogP contribution >= 0.6 is 0 Å². The average molecular weight is 380 g/mol. The van der Waals surface area contributed by atoms with Crippen LogP contribution in [0.3, 0.4) is 0 Å². The van der Waals surface area contributed by atoms with Gasteiger partial charge in [0.2, 0.25) is 0 Å². The quantitative estimate of drug-likeness (QED) is 0.703. The summed E-state index contributed by atoms with van der Waals surface area (Å²) in [6.07, 6.45) is 0. The molecule has 1 aliphatic rings. The molecule has 0 spiro atoms. The molecule has 0 fully saturated rings. The Morgan fingerprint density at radius 1 is 1.04 bits per heavy atom. The number of carbonyl (C=O) groups excluding carboxylic acids is 2. The number of hydrogen-bond donors (Lipinski definition) is 1. The second-order valence-corrected chi connectivity index (χ2v) is 8.07. The van der Waals surface area contributed by atoms with Crippen LogP contribution in [0.25, 0.3) is 10.8 Å². The van der Waals surface area contributed by atoms with E-state index in [0.717, 1.165) is 0 Å². The van der Waals surface area contributed by atoms with Crippen LogP contribution in [0.2, 0.25) is 0 Å². The molecule has 0 unspecified atom stereocenters. The van der Waals surface area contributed by atoms with Crippen LogP contribution in [0.5, 0.6) is 0 Å². The van der Waals surface area contributed by atoms with E-state index >= 15 is 0 Å². The number of rotatable bonds is 4. The van der Waals surface area contributed by atoms with Gasteiger partial charge in [0.1, 0.15) is 0 Å². The van der Waals surface area contributed by atoms with Gasteiger partial charge >= 0.3 is 0 Å². The molecule has 3 aromatic rings. The van der Waals surface area contributed by atoms with Crippen molar-refractivity contribution in [2.24, 2.45) is 0 Å². The third-order valence-electron chi connectivity index (χ3n) is 4.69. The lowest BCUT2D eigenvalue weighted by molar-refractivity contribution is 0.0995. The first-order chi connectivity index (χ1) is 12.8. The lowest BCUT2D eigenvalue weighted by Crippen LogP contribution is -2.20. The number of nitrogens with zero attached hydrogens (tertiary/aromatic N) is 1. The Morgan fingerprint density at radius 2 is 1.78 bits per heavy atom. The minimum absolute atomic E-state index is 0.0828. The molecule has 1 amide bonds. The van der Waals surface area contributed by atoms with Crippen LogP contribution in [0.4, 0.5) is 11.4 Å². The molecule has 136 valence electrons. The van der Waals surface area contributed by atoms with Gasteiger partial charge in [0.15, 0.2) is 5.78 Å². The Bertz CT molecular complexity index is 1230. The summed E-state index contributed by atoms with van der Waals surface area (Å²) in [6, 6.07) is 14.5. The Hall–Kier alpha value is -3.19. The van der Waals surface area contributed by atoms with Crippen molar-refractivity contribution in [3.05, 3.63) is 65.7 Å². The summed E-state index contributed by atoms with van der Waals surface area (Å²) in [5.41, 5.74) is 1.89. The van der Waals surface area contributed by atoms with Gasteiger partial charge in [-0.2, -0.15) is 0 Å². The Kier molecular flexibility index (Phi) is 3.78. The molecule has 27 heavy (non-hydrogen) atoms. The summed E-state index contributed by atoms with van der Waals surface area (Å²) in [7, 11) is -2.25. The maximum atomic E-state index is 13.0. The van der Waals surface area contributed by atoms with Crippen molar-refractivity contribution in [1.29, 1.82) is 0 Å². The summed E-state index contributed by atoms with van der Waals surface area (Å²) in [6.45, 7) is 1.42. The Labute approximate surface area is 156 Å². The van der Waals surface area contributed by atoms with Crippen LogP contribution in [0.15, 0.2) is 59.5 Å². The zero-order valence-corrected chi connectivity index (χ0v) is 15.5. The van der Waals surface area contributed by atoms with Gasteiger partial charge in [-0.3, -0.25) is 14.3 Å². The van der Waals surface area contributed by atoms with Crippen molar-refractivity contribution in [1.82, 2.24) is 0 Å². The highest BCUT2D eigenvalue weighted by Gasteiger charge is 2.30. The van der Waals surface area contributed by atoms with Gasteiger partial charge in [-0.1, -0.05) is 24.3 Å². The standard InChI is InChI=1S/C20H16N2O4S/c1-12(23)13-5-3-6-14(11-13)21-27(25,26)18-10-9-17-19-15(18)7-4-8-16(19)20(24)22(17)2/h3-11,21H,1-2H3. The lowest BCUT2D eigenvalue weighted by atomic mass is 10.1. The van der Waals surface area contributed by atoms with E-state index in [-0.39, 0.29) is 16.6 Å². The van der Waals surface area contributed by atoms with E-state index in [4.69, 9.17) is 0 Å². The zero-order valence-electron chi connectivity index (χ0n) is 14.7. The van der Waals surface area contributed by atoms with Gasteiger partial charge in [-0.25, -0.2) is 8.42 Å². The van der Waals surface area contributed by atoms with Crippen LogP contribution < -0.4 is 9.62 Å². The van der Waals surface area contributed by atoms with Crippen LogP contribution in [-0.4, -0.2) is 27.2 Å². The minimum atomic E-state index is -3.91. The maximum Gasteiger partial charge on any atom is 0.262 e. The predicted molar refractivity (Wildman–Crippen MR) is 104 cm³/mol. The smallest absolute Gasteiger partial charge is 0.262 e. The molecule has 0 radical (unpaired) electrons. The van der Waals surface area contributed by atoms with Crippen molar-refractivity contribution in [3.8, 4) is 0 Å². The molecule has 7 heteroatoms. The summed E-state index contributed by atoms with van der Waals surface area (Å²) in [5, 5.41) is 1.11. The average Bonchev–Trinajstić information content (AvgIpc) is 2.88. The van der Waals surface area contributed by atoms with Gasteiger partial charge in [0, 0.05) is 34.6 Å². The molecule has 0 bridgehead atoms. The number of ketones is 1. The molecule has 0 atom stereocenters. The molecule has 6 nitrogen and oxygen atoms in total. The zero-order chi connectivity index (χ0) is 19.3. The molecular weight excluding hydrogens is 364 g/mol. The number of anilines is 2. The second-order valence-electron chi connectivity index (χ2n) is 6.42. The number of hydrogen-bond acceptors (Lipinski definition) is 4. The molecule has 0 saturated carbocycles. The van der Waals surface area contributed by atoms with Crippen LogP contribution in [0.1, 0.15) is 27.6 Å². The van der Waals surface area contributed by atoms with E-state index in [2.05, 4.69) is 4.72 Å². The largest absolute Gasteiger partial charge is 0.311 e. The van der Waals surface area contributed by atoms with E-state index in [0.29, 0.717) is 33.3 Å². The minimum Gasteiger partial charge on any atom is -0.311 e. The topological polar surface area (TPSA) is 83.5 Å². The Balaban J connectivity index is 1.84. The summed E-state index contributed by atoms with van der Waals surface area (Å²) >= 11 is 0. The molecular formula is C20H16N2O4S. The monoisotopic (exact) mass is 380 g/mol. The van der Waals surface area contributed by atoms with Crippen molar-refractivity contribution < 1.29 is 18.0 Å². The molecule has 3 aromatic carbocycles. The van der Waals surface area contributed by atoms with E-state index in [1.165, 1.54) is 24.0 Å². The molecule has 1 aliphatic heterocycles.